The molecule has 7 nitrogen and oxygen atoms in total. The van der Waals surface area contributed by atoms with Crippen molar-refractivity contribution in [3.8, 4) is 0 Å². The van der Waals surface area contributed by atoms with Crippen LogP contribution < -0.4 is 5.32 Å². The lowest BCUT2D eigenvalue weighted by molar-refractivity contribution is -0.123. The van der Waals surface area contributed by atoms with Crippen molar-refractivity contribution >= 4 is 45.8 Å². The smallest absolute Gasteiger partial charge is 0.293 e. The molecule has 8 heteroatoms. The van der Waals surface area contributed by atoms with Crippen LogP contribution in [0.4, 0.5) is 4.79 Å². The van der Waals surface area contributed by atoms with Crippen molar-refractivity contribution < 1.29 is 18.8 Å². The molecule has 2 aromatic heterocycles. The van der Waals surface area contributed by atoms with Gasteiger partial charge in [-0.25, -0.2) is 0 Å². The number of imide groups is 1. The van der Waals surface area contributed by atoms with Gasteiger partial charge in [0.25, 0.3) is 11.1 Å². The molecule has 1 fully saturated rings. The summed E-state index contributed by atoms with van der Waals surface area (Å²) in [6.07, 6.45) is 6.00. The summed E-state index contributed by atoms with van der Waals surface area (Å²) in [6.45, 7) is 4.65. The number of amides is 3. The van der Waals surface area contributed by atoms with E-state index in [9.17, 15) is 14.4 Å². The van der Waals surface area contributed by atoms with Gasteiger partial charge in [-0.3, -0.25) is 19.3 Å². The number of aryl methyl sites for hydroxylation is 1. The van der Waals surface area contributed by atoms with Crippen LogP contribution in [-0.4, -0.2) is 33.1 Å². The molecule has 0 atom stereocenters. The Balaban J connectivity index is 1.66. The number of carbonyl (C=O) groups excluding carboxylic acids is 3. The van der Waals surface area contributed by atoms with E-state index in [1.807, 2.05) is 35.0 Å². The number of benzene rings is 1. The number of likely N-dealkylation sites (N-methyl/N-ethyl adjacent to an activating group) is 1. The van der Waals surface area contributed by atoms with Crippen LogP contribution >= 0.6 is 11.8 Å². The molecule has 0 saturated carbocycles. The number of fused-ring (bicyclic) bond motifs is 1. The molecule has 160 valence electrons. The highest BCUT2D eigenvalue weighted by Gasteiger charge is 2.34. The van der Waals surface area contributed by atoms with E-state index in [1.165, 1.54) is 4.90 Å². The molecular weight excluding hydrogens is 414 g/mol. The topological polar surface area (TPSA) is 84.5 Å². The van der Waals surface area contributed by atoms with Gasteiger partial charge in [0.1, 0.15) is 12.3 Å². The van der Waals surface area contributed by atoms with E-state index in [0.29, 0.717) is 23.8 Å². The Morgan fingerprint density at radius 3 is 2.71 bits per heavy atom. The van der Waals surface area contributed by atoms with Crippen LogP contribution in [0.5, 0.6) is 0 Å². The maximum Gasteiger partial charge on any atom is 0.293 e. The largest absolute Gasteiger partial charge is 0.467 e. The lowest BCUT2D eigenvalue weighted by Gasteiger charge is -2.09. The van der Waals surface area contributed by atoms with Crippen molar-refractivity contribution in [2.45, 2.75) is 33.4 Å². The quantitative estimate of drug-likeness (QED) is 0.561. The molecule has 31 heavy (non-hydrogen) atoms. The molecule has 0 spiro atoms. The first-order valence-corrected chi connectivity index (χ1v) is 11.0. The molecule has 1 N–H and O–H groups in total. The van der Waals surface area contributed by atoms with E-state index < -0.39 is 0 Å². The Kier molecular flexibility index (Phi) is 5.99. The summed E-state index contributed by atoms with van der Waals surface area (Å²) in [5.41, 5.74) is 2.88. The second-order valence-electron chi connectivity index (χ2n) is 7.16. The number of hydrogen-bond donors (Lipinski definition) is 1. The molecule has 0 radical (unpaired) electrons. The first kappa shape index (κ1) is 21.0. The van der Waals surface area contributed by atoms with Gasteiger partial charge in [-0.05, 0) is 48.9 Å². The van der Waals surface area contributed by atoms with Crippen LogP contribution in [0.1, 0.15) is 30.7 Å². The fourth-order valence-electron chi connectivity index (χ4n) is 3.71. The zero-order valence-electron chi connectivity index (χ0n) is 17.4. The van der Waals surface area contributed by atoms with E-state index >= 15 is 0 Å². The Morgan fingerprint density at radius 2 is 2.03 bits per heavy atom. The van der Waals surface area contributed by atoms with Crippen molar-refractivity contribution in [1.29, 1.82) is 0 Å². The van der Waals surface area contributed by atoms with Crippen LogP contribution in [0.15, 0.2) is 52.1 Å². The van der Waals surface area contributed by atoms with Gasteiger partial charge in [0.15, 0.2) is 0 Å². The minimum atomic E-state index is -0.277. The monoisotopic (exact) mass is 437 g/mol. The molecule has 3 amide bonds. The Bertz CT molecular complexity index is 1180. The molecule has 1 aromatic carbocycles. The molecule has 1 saturated heterocycles. The summed E-state index contributed by atoms with van der Waals surface area (Å²) < 4.78 is 7.17. The summed E-state index contributed by atoms with van der Waals surface area (Å²) in [5, 5.41) is 3.56. The fourth-order valence-corrected chi connectivity index (χ4v) is 4.61. The van der Waals surface area contributed by atoms with Gasteiger partial charge >= 0.3 is 0 Å². The van der Waals surface area contributed by atoms with Crippen LogP contribution in [0.3, 0.4) is 0 Å². The second kappa shape index (κ2) is 8.85. The minimum Gasteiger partial charge on any atom is -0.467 e. The minimum absolute atomic E-state index is 0.137. The molecule has 1 aliphatic rings. The van der Waals surface area contributed by atoms with Gasteiger partial charge in [0, 0.05) is 23.7 Å². The third-order valence-corrected chi connectivity index (χ3v) is 6.13. The second-order valence-corrected chi connectivity index (χ2v) is 8.15. The number of aromatic nitrogens is 1. The number of rotatable bonds is 7. The standard InChI is InChI=1S/C23H23N3O4S/c1-3-15-7-5-9-18-16(11-19-22(28)26(4-2)23(29)31-19)13-25(21(15)18)14-20(27)24-12-17-8-6-10-30-17/h5-11,13H,3-4,12,14H2,1-2H3,(H,24,27)/b19-11-. The molecule has 0 bridgehead atoms. The summed E-state index contributed by atoms with van der Waals surface area (Å²) >= 11 is 0.949. The Hall–Kier alpha value is -3.26. The first-order chi connectivity index (χ1) is 15.0. The van der Waals surface area contributed by atoms with E-state index in [-0.39, 0.29) is 23.6 Å². The van der Waals surface area contributed by atoms with Crippen molar-refractivity contribution in [2.75, 3.05) is 6.54 Å². The number of carbonyl (C=O) groups is 3. The predicted octanol–water partition coefficient (Wildman–Crippen LogP) is 4.17. The van der Waals surface area contributed by atoms with Crippen LogP contribution in [0, 0.1) is 0 Å². The van der Waals surface area contributed by atoms with Crippen molar-refractivity contribution in [2.24, 2.45) is 0 Å². The summed E-state index contributed by atoms with van der Waals surface area (Å²) in [6, 6.07) is 9.57. The van der Waals surface area contributed by atoms with Gasteiger partial charge in [0.05, 0.1) is 23.2 Å². The highest BCUT2D eigenvalue weighted by Crippen LogP contribution is 2.34. The molecule has 4 rings (SSSR count). The highest BCUT2D eigenvalue weighted by molar-refractivity contribution is 8.18. The zero-order chi connectivity index (χ0) is 22.0. The molecule has 1 aliphatic heterocycles. The maximum absolute atomic E-state index is 12.6. The van der Waals surface area contributed by atoms with Crippen LogP contribution in [-0.2, 0) is 29.1 Å². The lowest BCUT2D eigenvalue weighted by atomic mass is 10.1. The summed E-state index contributed by atoms with van der Waals surface area (Å²) in [5.74, 6) is 0.269. The molecule has 3 aromatic rings. The summed E-state index contributed by atoms with van der Waals surface area (Å²) in [4.78, 5) is 38.8. The number of nitrogens with one attached hydrogen (secondary N) is 1. The average molecular weight is 438 g/mol. The average Bonchev–Trinajstić information content (AvgIpc) is 3.46. The van der Waals surface area contributed by atoms with Gasteiger partial charge in [-0.2, -0.15) is 0 Å². The van der Waals surface area contributed by atoms with Crippen LogP contribution in [0.25, 0.3) is 17.0 Å². The SMILES string of the molecule is CCc1cccc2c(/C=C3\SC(=O)N(CC)C3=O)cn(CC(=O)NCc3ccco3)c12. The van der Waals surface area contributed by atoms with Gasteiger partial charge < -0.3 is 14.3 Å². The van der Waals surface area contributed by atoms with E-state index in [4.69, 9.17) is 4.42 Å². The molecule has 0 aliphatic carbocycles. The predicted molar refractivity (Wildman–Crippen MR) is 120 cm³/mol. The first-order valence-electron chi connectivity index (χ1n) is 10.2. The lowest BCUT2D eigenvalue weighted by Crippen LogP contribution is -2.27. The number of hydrogen-bond acceptors (Lipinski definition) is 5. The van der Waals surface area contributed by atoms with Crippen molar-refractivity contribution in [3.05, 3.63) is 64.6 Å². The van der Waals surface area contributed by atoms with E-state index in [1.54, 1.807) is 25.3 Å². The van der Waals surface area contributed by atoms with Crippen LogP contribution in [0.2, 0.25) is 0 Å². The van der Waals surface area contributed by atoms with Crippen molar-refractivity contribution in [1.82, 2.24) is 14.8 Å². The highest BCUT2D eigenvalue weighted by atomic mass is 32.2. The Labute approximate surface area is 184 Å². The van der Waals surface area contributed by atoms with Gasteiger partial charge in [-0.15, -0.1) is 0 Å². The van der Waals surface area contributed by atoms with E-state index in [0.717, 1.165) is 40.2 Å². The van der Waals surface area contributed by atoms with Gasteiger partial charge in [-0.1, -0.05) is 25.1 Å². The maximum atomic E-state index is 12.6. The molecule has 0 unspecified atom stereocenters. The Morgan fingerprint density at radius 1 is 1.19 bits per heavy atom. The zero-order valence-corrected chi connectivity index (χ0v) is 18.2. The number of para-hydroxylation sites is 1. The third-order valence-electron chi connectivity index (χ3n) is 5.22. The number of furan rings is 1. The summed E-state index contributed by atoms with van der Waals surface area (Å²) in [7, 11) is 0. The molecule has 3 heterocycles. The third kappa shape index (κ3) is 4.16. The number of thioether (sulfide) groups is 1. The number of nitrogens with zero attached hydrogens (tertiary/aromatic N) is 2. The molecular formula is C23H23N3O4S. The van der Waals surface area contributed by atoms with Crippen molar-refractivity contribution in [3.63, 3.8) is 0 Å². The van der Waals surface area contributed by atoms with E-state index in [2.05, 4.69) is 12.2 Å². The fraction of sp³-hybridized carbons (Fsp3) is 0.261. The normalized spacial score (nSPS) is 15.4. The van der Waals surface area contributed by atoms with Gasteiger partial charge in [0.2, 0.25) is 5.91 Å².